The average molecular weight is 461 g/mol. The Morgan fingerprint density at radius 1 is 1.00 bits per heavy atom. The minimum atomic E-state index is -0.693. The number of amidine groups is 1. The summed E-state index contributed by atoms with van der Waals surface area (Å²) in [6.07, 6.45) is 1.34. The van der Waals surface area contributed by atoms with Crippen LogP contribution in [0.3, 0.4) is 0 Å². The molecule has 2 amide bonds. The third-order valence-corrected chi connectivity index (χ3v) is 5.88. The lowest BCUT2D eigenvalue weighted by atomic mass is 10.2. The number of rotatable bonds is 6. The number of para-hydroxylation sites is 2. The van der Waals surface area contributed by atoms with Gasteiger partial charge >= 0.3 is 0 Å². The van der Waals surface area contributed by atoms with Gasteiger partial charge in [0.15, 0.2) is 5.17 Å². The third-order valence-electron chi connectivity index (χ3n) is 4.75. The highest BCUT2D eigenvalue weighted by Gasteiger charge is 2.40. The molecule has 1 saturated heterocycles. The van der Waals surface area contributed by atoms with Gasteiger partial charge in [-0.05, 0) is 48.5 Å². The summed E-state index contributed by atoms with van der Waals surface area (Å²) in [5.74, 6) is -0.488. The fraction of sp³-hybridized carbons (Fsp3) is 0.0833. The lowest BCUT2D eigenvalue weighted by Gasteiger charge is -2.15. The molecule has 8 nitrogen and oxygen atoms in total. The van der Waals surface area contributed by atoms with Crippen molar-refractivity contribution in [2.75, 3.05) is 10.2 Å². The maximum absolute atomic E-state index is 13.2. The summed E-state index contributed by atoms with van der Waals surface area (Å²) >= 11 is 1.13. The standard InChI is InChI=1S/C24H20N4O4S/c29-19-12-10-18(11-13-19)28-23(32)21(14-22(31)26-17-7-2-1-3-8-17)33-24(28)27-25-15-16-6-4-5-9-20(16)30/h1-13,15,21,29-30H,14H2,(H,26,31)/b25-15+,27-24?. The largest absolute Gasteiger partial charge is 0.508 e. The average Bonchev–Trinajstić information content (AvgIpc) is 3.11. The topological polar surface area (TPSA) is 115 Å². The number of thioether (sulfide) groups is 1. The monoisotopic (exact) mass is 460 g/mol. The van der Waals surface area contributed by atoms with Gasteiger partial charge in [-0.3, -0.25) is 14.5 Å². The van der Waals surface area contributed by atoms with Crippen LogP contribution in [0.1, 0.15) is 12.0 Å². The predicted molar refractivity (Wildman–Crippen MR) is 130 cm³/mol. The van der Waals surface area contributed by atoms with Crippen LogP contribution in [0.5, 0.6) is 11.5 Å². The van der Waals surface area contributed by atoms with Crippen molar-refractivity contribution in [1.82, 2.24) is 0 Å². The number of carbonyl (C=O) groups is 2. The smallest absolute Gasteiger partial charge is 0.247 e. The van der Waals surface area contributed by atoms with Crippen LogP contribution in [0.25, 0.3) is 0 Å². The minimum Gasteiger partial charge on any atom is -0.508 e. The molecule has 0 radical (unpaired) electrons. The van der Waals surface area contributed by atoms with Gasteiger partial charge < -0.3 is 15.5 Å². The first-order valence-electron chi connectivity index (χ1n) is 10.0. The van der Waals surface area contributed by atoms with E-state index in [4.69, 9.17) is 0 Å². The fourth-order valence-electron chi connectivity index (χ4n) is 3.14. The highest BCUT2D eigenvalue weighted by molar-refractivity contribution is 8.16. The van der Waals surface area contributed by atoms with E-state index in [0.29, 0.717) is 16.9 Å². The van der Waals surface area contributed by atoms with Crippen molar-refractivity contribution in [1.29, 1.82) is 0 Å². The van der Waals surface area contributed by atoms with E-state index in [1.807, 2.05) is 18.2 Å². The fourth-order valence-corrected chi connectivity index (χ4v) is 4.23. The SMILES string of the molecule is O=C(CC1SC(=N/N=C/c2ccccc2O)N(c2ccc(O)cc2)C1=O)Nc1ccccc1. The van der Waals surface area contributed by atoms with E-state index in [1.54, 1.807) is 42.5 Å². The molecule has 1 aliphatic rings. The molecule has 166 valence electrons. The number of hydrogen-bond acceptors (Lipinski definition) is 7. The van der Waals surface area contributed by atoms with Crippen molar-refractivity contribution < 1.29 is 19.8 Å². The van der Waals surface area contributed by atoms with E-state index in [2.05, 4.69) is 15.5 Å². The molecule has 33 heavy (non-hydrogen) atoms. The van der Waals surface area contributed by atoms with Gasteiger partial charge in [-0.25, -0.2) is 0 Å². The zero-order valence-corrected chi connectivity index (χ0v) is 18.1. The molecular weight excluding hydrogens is 440 g/mol. The number of aromatic hydroxyl groups is 2. The highest BCUT2D eigenvalue weighted by atomic mass is 32.2. The Labute approximate surface area is 194 Å². The number of anilines is 2. The molecule has 0 aliphatic carbocycles. The maximum Gasteiger partial charge on any atom is 0.247 e. The van der Waals surface area contributed by atoms with E-state index in [-0.39, 0.29) is 34.9 Å². The van der Waals surface area contributed by atoms with E-state index >= 15 is 0 Å². The van der Waals surface area contributed by atoms with Crippen molar-refractivity contribution >= 4 is 46.3 Å². The Morgan fingerprint density at radius 2 is 1.70 bits per heavy atom. The summed E-state index contributed by atoms with van der Waals surface area (Å²) in [5, 5.41) is 30.1. The van der Waals surface area contributed by atoms with Crippen molar-refractivity contribution in [3.8, 4) is 11.5 Å². The molecule has 9 heteroatoms. The van der Waals surface area contributed by atoms with Gasteiger partial charge in [0.2, 0.25) is 11.8 Å². The molecule has 1 heterocycles. The summed E-state index contributed by atoms with van der Waals surface area (Å²) in [6, 6.07) is 21.8. The van der Waals surface area contributed by atoms with E-state index in [9.17, 15) is 19.8 Å². The molecule has 1 aliphatic heterocycles. The number of hydrogen-bond donors (Lipinski definition) is 3. The zero-order chi connectivity index (χ0) is 23.2. The zero-order valence-electron chi connectivity index (χ0n) is 17.3. The summed E-state index contributed by atoms with van der Waals surface area (Å²) < 4.78 is 0. The van der Waals surface area contributed by atoms with Gasteiger partial charge in [0, 0.05) is 17.7 Å². The molecule has 4 rings (SSSR count). The van der Waals surface area contributed by atoms with Gasteiger partial charge in [-0.1, -0.05) is 42.1 Å². The van der Waals surface area contributed by atoms with Crippen LogP contribution >= 0.6 is 11.8 Å². The van der Waals surface area contributed by atoms with Crippen LogP contribution in [-0.4, -0.2) is 38.7 Å². The molecule has 1 atom stereocenters. The lowest BCUT2D eigenvalue weighted by Crippen LogP contribution is -2.33. The van der Waals surface area contributed by atoms with Crippen molar-refractivity contribution in [2.45, 2.75) is 11.7 Å². The second-order valence-electron chi connectivity index (χ2n) is 7.10. The Balaban J connectivity index is 1.56. The molecule has 1 fully saturated rings. The second-order valence-corrected chi connectivity index (χ2v) is 8.27. The number of phenols is 2. The number of amides is 2. The molecule has 1 unspecified atom stereocenters. The van der Waals surface area contributed by atoms with Crippen LogP contribution in [0, 0.1) is 0 Å². The van der Waals surface area contributed by atoms with Crippen molar-refractivity contribution in [3.63, 3.8) is 0 Å². The quantitative estimate of drug-likeness (QED) is 0.380. The number of benzene rings is 3. The Bertz CT molecular complexity index is 1210. The first-order valence-corrected chi connectivity index (χ1v) is 10.9. The number of nitrogens with one attached hydrogen (secondary N) is 1. The summed E-state index contributed by atoms with van der Waals surface area (Å²) in [7, 11) is 0. The molecule has 0 spiro atoms. The van der Waals surface area contributed by atoms with Crippen molar-refractivity contribution in [2.24, 2.45) is 10.2 Å². The summed E-state index contributed by atoms with van der Waals surface area (Å²) in [6.45, 7) is 0. The van der Waals surface area contributed by atoms with E-state index < -0.39 is 5.25 Å². The molecule has 0 aromatic heterocycles. The van der Waals surface area contributed by atoms with E-state index in [1.165, 1.54) is 29.3 Å². The molecule has 3 aromatic carbocycles. The first kappa shape index (κ1) is 22.1. The summed E-state index contributed by atoms with van der Waals surface area (Å²) in [4.78, 5) is 27.1. The molecule has 0 saturated carbocycles. The highest BCUT2D eigenvalue weighted by Crippen LogP contribution is 2.34. The molecule has 3 aromatic rings. The van der Waals surface area contributed by atoms with Gasteiger partial charge in [0.25, 0.3) is 0 Å². The van der Waals surface area contributed by atoms with Crippen LogP contribution in [-0.2, 0) is 9.59 Å². The van der Waals surface area contributed by atoms with Gasteiger partial charge in [-0.2, -0.15) is 5.10 Å². The second kappa shape index (κ2) is 10.0. The Hall–Kier alpha value is -4.11. The Kier molecular flexibility index (Phi) is 6.70. The molecular formula is C24H20N4O4S. The normalized spacial score (nSPS) is 17.1. The van der Waals surface area contributed by atoms with Gasteiger partial charge in [0.1, 0.15) is 16.7 Å². The lowest BCUT2D eigenvalue weighted by molar-refractivity contribution is -0.121. The molecule has 3 N–H and O–H groups in total. The number of carbonyl (C=O) groups excluding carboxylic acids is 2. The van der Waals surface area contributed by atoms with Crippen LogP contribution in [0.2, 0.25) is 0 Å². The minimum absolute atomic E-state index is 0.0464. The third kappa shape index (κ3) is 5.39. The van der Waals surface area contributed by atoms with Gasteiger partial charge in [0.05, 0.1) is 11.9 Å². The van der Waals surface area contributed by atoms with Crippen LogP contribution in [0.4, 0.5) is 11.4 Å². The summed E-state index contributed by atoms with van der Waals surface area (Å²) in [5.41, 5.74) is 1.62. The van der Waals surface area contributed by atoms with Gasteiger partial charge in [-0.15, -0.1) is 5.10 Å². The van der Waals surface area contributed by atoms with Crippen molar-refractivity contribution in [3.05, 3.63) is 84.4 Å². The van der Waals surface area contributed by atoms with E-state index in [0.717, 1.165) is 11.8 Å². The predicted octanol–water partition coefficient (Wildman–Crippen LogP) is 3.97. The Morgan fingerprint density at radius 3 is 2.42 bits per heavy atom. The number of phenolic OH excluding ortho intramolecular Hbond substituents is 2. The van der Waals surface area contributed by atoms with Crippen LogP contribution in [0.15, 0.2) is 89.1 Å². The van der Waals surface area contributed by atoms with Crippen LogP contribution < -0.4 is 10.2 Å². The number of nitrogens with zero attached hydrogens (tertiary/aromatic N) is 3. The maximum atomic E-state index is 13.2. The molecule has 0 bridgehead atoms. The first-order chi connectivity index (χ1) is 16.0.